The summed E-state index contributed by atoms with van der Waals surface area (Å²) >= 11 is 0. The molecule has 2 aromatic carbocycles. The van der Waals surface area contributed by atoms with Crippen molar-refractivity contribution in [2.45, 2.75) is 0 Å². The number of carboxylic acid groups (broad SMARTS) is 1. The first kappa shape index (κ1) is 17.9. The molecule has 25 heavy (non-hydrogen) atoms. The van der Waals surface area contributed by atoms with Crippen molar-refractivity contribution in [1.82, 2.24) is 10.6 Å². The first-order valence-electron chi connectivity index (χ1n) is 7.27. The number of benzene rings is 2. The van der Waals surface area contributed by atoms with Gasteiger partial charge in [0.15, 0.2) is 0 Å². The predicted octanol–water partition coefficient (Wildman–Crippen LogP) is 0.463. The van der Waals surface area contributed by atoms with Crippen LogP contribution in [0.2, 0.25) is 0 Å². The molecule has 0 saturated carbocycles. The van der Waals surface area contributed by atoms with Crippen LogP contribution in [0, 0.1) is 5.82 Å². The third-order valence-electron chi connectivity index (χ3n) is 3.10. The van der Waals surface area contributed by atoms with Crippen molar-refractivity contribution in [3.05, 3.63) is 77.2 Å². The Morgan fingerprint density at radius 3 is 2.24 bits per heavy atom. The van der Waals surface area contributed by atoms with Gasteiger partial charge in [-0.2, -0.15) is 0 Å². The van der Waals surface area contributed by atoms with Crippen LogP contribution in [0.1, 0.15) is 15.9 Å². The summed E-state index contributed by atoms with van der Waals surface area (Å²) in [5.41, 5.74) is 0.593. The molecule has 6 nitrogen and oxygen atoms in total. The summed E-state index contributed by atoms with van der Waals surface area (Å²) in [7, 11) is 0. The molecule has 2 amide bonds. The lowest BCUT2D eigenvalue weighted by atomic mass is 10.1. The van der Waals surface area contributed by atoms with E-state index in [1.165, 1.54) is 30.3 Å². The molecule has 2 N–H and O–H groups in total. The second-order valence-corrected chi connectivity index (χ2v) is 4.98. The number of hydrogen-bond acceptors (Lipinski definition) is 4. The number of carbonyl (C=O) groups excluding carboxylic acids is 3. The third kappa shape index (κ3) is 5.58. The van der Waals surface area contributed by atoms with Gasteiger partial charge in [-0.15, -0.1) is 0 Å². The van der Waals surface area contributed by atoms with Gasteiger partial charge in [0, 0.05) is 5.56 Å². The van der Waals surface area contributed by atoms with Crippen molar-refractivity contribution in [2.24, 2.45) is 0 Å². The van der Waals surface area contributed by atoms with E-state index in [9.17, 15) is 23.9 Å². The molecule has 0 atom stereocenters. The summed E-state index contributed by atoms with van der Waals surface area (Å²) in [5, 5.41) is 15.0. The molecular weight excluding hydrogens is 327 g/mol. The zero-order valence-corrected chi connectivity index (χ0v) is 13.0. The Hall–Kier alpha value is -3.48. The van der Waals surface area contributed by atoms with Gasteiger partial charge in [-0.1, -0.05) is 30.3 Å². The van der Waals surface area contributed by atoms with Crippen LogP contribution >= 0.6 is 0 Å². The van der Waals surface area contributed by atoms with Crippen LogP contribution in [-0.2, 0) is 9.59 Å². The summed E-state index contributed by atoms with van der Waals surface area (Å²) in [4.78, 5) is 34.8. The quantitative estimate of drug-likeness (QED) is 0.746. The van der Waals surface area contributed by atoms with E-state index >= 15 is 0 Å². The smallest absolute Gasteiger partial charge is 0.268 e. The normalized spacial score (nSPS) is 10.8. The average Bonchev–Trinajstić information content (AvgIpc) is 2.61. The minimum Gasteiger partial charge on any atom is -0.548 e. The fraction of sp³-hybridized carbons (Fsp3) is 0.0556. The van der Waals surface area contributed by atoms with Crippen molar-refractivity contribution in [3.63, 3.8) is 0 Å². The van der Waals surface area contributed by atoms with Crippen molar-refractivity contribution in [1.29, 1.82) is 0 Å². The molecule has 0 radical (unpaired) electrons. The second kappa shape index (κ2) is 8.39. The Bertz CT molecular complexity index is 802. The van der Waals surface area contributed by atoms with Crippen molar-refractivity contribution < 1.29 is 23.9 Å². The highest BCUT2D eigenvalue weighted by atomic mass is 19.1. The van der Waals surface area contributed by atoms with E-state index in [0.29, 0.717) is 11.1 Å². The highest BCUT2D eigenvalue weighted by Crippen LogP contribution is 2.08. The van der Waals surface area contributed by atoms with Crippen LogP contribution in [0.4, 0.5) is 4.39 Å². The molecule has 7 heteroatoms. The zero-order chi connectivity index (χ0) is 18.2. The van der Waals surface area contributed by atoms with E-state index < -0.39 is 30.1 Å². The molecule has 2 aromatic rings. The van der Waals surface area contributed by atoms with Crippen molar-refractivity contribution >= 4 is 23.9 Å². The number of rotatable bonds is 6. The van der Waals surface area contributed by atoms with Gasteiger partial charge in [0.1, 0.15) is 11.5 Å². The monoisotopic (exact) mass is 341 g/mol. The first-order chi connectivity index (χ1) is 12.0. The molecule has 0 aliphatic rings. The highest BCUT2D eigenvalue weighted by Gasteiger charge is 2.14. The van der Waals surface area contributed by atoms with Gasteiger partial charge in [0.2, 0.25) is 0 Å². The highest BCUT2D eigenvalue weighted by molar-refractivity contribution is 6.05. The minimum atomic E-state index is -1.47. The molecule has 0 saturated heterocycles. The molecule has 0 spiro atoms. The Kier molecular flexibility index (Phi) is 6.00. The molecule has 0 unspecified atom stereocenters. The van der Waals surface area contributed by atoms with Crippen LogP contribution in [-0.4, -0.2) is 24.3 Å². The molecule has 128 valence electrons. The number of carbonyl (C=O) groups is 3. The SMILES string of the molecule is O=C([O-])CNC(=O)C(=Cc1ccc(F)cc1)NC(=O)c1ccccc1. The Morgan fingerprint density at radius 2 is 1.64 bits per heavy atom. The summed E-state index contributed by atoms with van der Waals surface area (Å²) in [5.74, 6) is -3.27. The largest absolute Gasteiger partial charge is 0.548 e. The van der Waals surface area contributed by atoms with Gasteiger partial charge in [0.25, 0.3) is 11.8 Å². The molecule has 2 rings (SSSR count). The second-order valence-electron chi connectivity index (χ2n) is 4.98. The zero-order valence-electron chi connectivity index (χ0n) is 13.0. The van der Waals surface area contributed by atoms with Crippen molar-refractivity contribution in [2.75, 3.05) is 6.54 Å². The minimum absolute atomic E-state index is 0.179. The molecule has 0 aliphatic heterocycles. The summed E-state index contributed by atoms with van der Waals surface area (Å²) in [6.45, 7) is -0.708. The van der Waals surface area contributed by atoms with Crippen molar-refractivity contribution in [3.8, 4) is 0 Å². The summed E-state index contributed by atoms with van der Waals surface area (Å²) in [6, 6.07) is 13.4. The lowest BCUT2D eigenvalue weighted by molar-refractivity contribution is -0.303. The maximum absolute atomic E-state index is 13.0. The molecule has 0 aliphatic carbocycles. The molecule has 0 fully saturated rings. The lowest BCUT2D eigenvalue weighted by Gasteiger charge is -2.11. The topological polar surface area (TPSA) is 98.3 Å². The van der Waals surface area contributed by atoms with Gasteiger partial charge >= 0.3 is 0 Å². The molecule has 0 bridgehead atoms. The number of amides is 2. The Labute approximate surface area is 143 Å². The fourth-order valence-electron chi connectivity index (χ4n) is 1.92. The lowest BCUT2D eigenvalue weighted by Crippen LogP contribution is -2.41. The fourth-order valence-corrected chi connectivity index (χ4v) is 1.92. The van der Waals surface area contributed by atoms with E-state index in [-0.39, 0.29) is 5.70 Å². The number of nitrogens with one attached hydrogen (secondary N) is 2. The van der Waals surface area contributed by atoms with Crippen LogP contribution in [0.5, 0.6) is 0 Å². The van der Waals surface area contributed by atoms with Gasteiger partial charge < -0.3 is 20.5 Å². The number of hydrogen-bond donors (Lipinski definition) is 2. The Balaban J connectivity index is 2.24. The first-order valence-corrected chi connectivity index (χ1v) is 7.27. The van der Waals surface area contributed by atoms with Gasteiger partial charge in [-0.25, -0.2) is 4.39 Å². The summed E-state index contributed by atoms with van der Waals surface area (Å²) < 4.78 is 13.0. The molecular formula is C18H14FN2O4-. The molecule has 0 aromatic heterocycles. The maximum atomic E-state index is 13.0. The number of aliphatic carboxylic acids is 1. The average molecular weight is 341 g/mol. The van der Waals surface area contributed by atoms with E-state index in [1.807, 2.05) is 0 Å². The summed E-state index contributed by atoms with van der Waals surface area (Å²) in [6.07, 6.45) is 1.31. The standard InChI is InChI=1S/C18H15FN2O4/c19-14-8-6-12(7-9-14)10-15(18(25)20-11-16(22)23)21-17(24)13-4-2-1-3-5-13/h1-10H,11H2,(H,20,25)(H,21,24)(H,22,23)/p-1. The number of halogens is 1. The maximum Gasteiger partial charge on any atom is 0.268 e. The van der Waals surface area contributed by atoms with Gasteiger partial charge in [-0.3, -0.25) is 9.59 Å². The van der Waals surface area contributed by atoms with Crippen LogP contribution in [0.25, 0.3) is 6.08 Å². The van der Waals surface area contributed by atoms with Crippen LogP contribution in [0.3, 0.4) is 0 Å². The molecule has 0 heterocycles. The third-order valence-corrected chi connectivity index (χ3v) is 3.10. The van der Waals surface area contributed by atoms with E-state index in [1.54, 1.807) is 30.3 Å². The van der Waals surface area contributed by atoms with E-state index in [2.05, 4.69) is 10.6 Å². The van der Waals surface area contributed by atoms with E-state index in [0.717, 1.165) is 0 Å². The van der Waals surface area contributed by atoms with Gasteiger partial charge in [-0.05, 0) is 35.9 Å². The van der Waals surface area contributed by atoms with Crippen LogP contribution in [0.15, 0.2) is 60.3 Å². The number of carboxylic acids is 1. The van der Waals surface area contributed by atoms with E-state index in [4.69, 9.17) is 0 Å². The Morgan fingerprint density at radius 1 is 1.00 bits per heavy atom. The van der Waals surface area contributed by atoms with Crippen LogP contribution < -0.4 is 15.7 Å². The van der Waals surface area contributed by atoms with Gasteiger partial charge in [0.05, 0.1) is 12.5 Å². The predicted molar refractivity (Wildman–Crippen MR) is 86.3 cm³/mol.